The predicted octanol–water partition coefficient (Wildman–Crippen LogP) is 5.54. The summed E-state index contributed by atoms with van der Waals surface area (Å²) < 4.78 is 0. The number of carbonyl (C=O) groups excluding carboxylic acids is 1. The van der Waals surface area contributed by atoms with Crippen molar-refractivity contribution in [2.75, 3.05) is 11.1 Å². The summed E-state index contributed by atoms with van der Waals surface area (Å²) in [6.07, 6.45) is 0. The number of benzene rings is 3. The van der Waals surface area contributed by atoms with Gasteiger partial charge in [0.25, 0.3) is 11.6 Å². The Kier molecular flexibility index (Phi) is 5.87. The summed E-state index contributed by atoms with van der Waals surface area (Å²) in [4.78, 5) is 24.6. The average Bonchev–Trinajstić information content (AvgIpc) is 2.66. The molecule has 0 saturated carbocycles. The van der Waals surface area contributed by atoms with E-state index in [-0.39, 0.29) is 23.0 Å². The third kappa shape index (κ3) is 4.62. The standard InChI is InChI=1S/C20H16ClN3O3S/c1-12-2-4-13(5-3-12)20(25)23-17-11-18(24(26)27)19(10-16(17)22)28-15-8-6-14(21)7-9-15/h2-11H,22H2,1H3,(H,23,25). The summed E-state index contributed by atoms with van der Waals surface area (Å²) in [5, 5.41) is 14.8. The fraction of sp³-hybridized carbons (Fsp3) is 0.0500. The van der Waals surface area contributed by atoms with Crippen molar-refractivity contribution in [1.82, 2.24) is 0 Å². The summed E-state index contributed by atoms with van der Waals surface area (Å²) in [7, 11) is 0. The van der Waals surface area contributed by atoms with Gasteiger partial charge in [0.2, 0.25) is 0 Å². The molecule has 0 aromatic heterocycles. The van der Waals surface area contributed by atoms with Crippen LogP contribution in [-0.4, -0.2) is 10.8 Å². The second-order valence-corrected chi connectivity index (χ2v) is 7.59. The van der Waals surface area contributed by atoms with Crippen molar-refractivity contribution in [2.24, 2.45) is 0 Å². The lowest BCUT2D eigenvalue weighted by Crippen LogP contribution is -2.13. The topological polar surface area (TPSA) is 98.3 Å². The molecule has 3 N–H and O–H groups in total. The van der Waals surface area contributed by atoms with Crippen LogP contribution in [0.25, 0.3) is 0 Å². The van der Waals surface area contributed by atoms with Crippen molar-refractivity contribution in [3.05, 3.63) is 86.9 Å². The maximum Gasteiger partial charge on any atom is 0.285 e. The molecule has 0 atom stereocenters. The van der Waals surface area contributed by atoms with Gasteiger partial charge in [-0.05, 0) is 49.4 Å². The summed E-state index contributed by atoms with van der Waals surface area (Å²) in [6, 6.07) is 16.7. The first-order chi connectivity index (χ1) is 13.3. The van der Waals surface area contributed by atoms with Crippen LogP contribution < -0.4 is 11.1 Å². The number of aryl methyl sites for hydroxylation is 1. The molecule has 3 aromatic rings. The molecule has 0 bridgehead atoms. The Morgan fingerprint density at radius 2 is 1.75 bits per heavy atom. The van der Waals surface area contributed by atoms with Crippen LogP contribution in [0.1, 0.15) is 15.9 Å². The van der Waals surface area contributed by atoms with Crippen molar-refractivity contribution in [2.45, 2.75) is 16.7 Å². The number of amides is 1. The van der Waals surface area contributed by atoms with E-state index in [0.717, 1.165) is 10.5 Å². The fourth-order valence-corrected chi connectivity index (χ4v) is 3.52. The molecule has 28 heavy (non-hydrogen) atoms. The van der Waals surface area contributed by atoms with Crippen LogP contribution in [0, 0.1) is 17.0 Å². The molecule has 6 nitrogen and oxygen atoms in total. The van der Waals surface area contributed by atoms with E-state index < -0.39 is 4.92 Å². The van der Waals surface area contributed by atoms with E-state index >= 15 is 0 Å². The van der Waals surface area contributed by atoms with Gasteiger partial charge in [0, 0.05) is 21.5 Å². The Morgan fingerprint density at radius 1 is 1.11 bits per heavy atom. The molecule has 0 fully saturated rings. The Balaban J connectivity index is 1.89. The van der Waals surface area contributed by atoms with Crippen LogP contribution >= 0.6 is 23.4 Å². The summed E-state index contributed by atoms with van der Waals surface area (Å²) in [5.41, 5.74) is 7.79. The number of nitro groups is 1. The molecule has 0 aliphatic heterocycles. The number of halogens is 1. The minimum Gasteiger partial charge on any atom is -0.397 e. The van der Waals surface area contributed by atoms with Gasteiger partial charge in [-0.25, -0.2) is 0 Å². The van der Waals surface area contributed by atoms with Crippen LogP contribution in [0.15, 0.2) is 70.5 Å². The molecule has 0 unspecified atom stereocenters. The second-order valence-electron chi connectivity index (χ2n) is 6.04. The smallest absolute Gasteiger partial charge is 0.285 e. The molecule has 142 valence electrons. The normalized spacial score (nSPS) is 10.5. The number of anilines is 2. The molecule has 0 radical (unpaired) electrons. The first-order valence-corrected chi connectivity index (χ1v) is 9.42. The van der Waals surface area contributed by atoms with Crippen LogP contribution in [0.5, 0.6) is 0 Å². The molecule has 0 aliphatic carbocycles. The van der Waals surface area contributed by atoms with E-state index in [2.05, 4.69) is 5.32 Å². The van der Waals surface area contributed by atoms with Gasteiger partial charge in [-0.3, -0.25) is 14.9 Å². The zero-order valence-electron chi connectivity index (χ0n) is 14.8. The predicted molar refractivity (Wildman–Crippen MR) is 112 cm³/mol. The lowest BCUT2D eigenvalue weighted by Gasteiger charge is -2.11. The Bertz CT molecular complexity index is 1040. The number of carbonyl (C=O) groups is 1. The number of nitro benzene ring substituents is 1. The second kappa shape index (κ2) is 8.33. The van der Waals surface area contributed by atoms with Gasteiger partial charge in [-0.15, -0.1) is 0 Å². The lowest BCUT2D eigenvalue weighted by molar-refractivity contribution is -0.387. The fourth-order valence-electron chi connectivity index (χ4n) is 2.45. The minimum absolute atomic E-state index is 0.145. The van der Waals surface area contributed by atoms with Crippen LogP contribution in [-0.2, 0) is 0 Å². The van der Waals surface area contributed by atoms with Gasteiger partial charge in [0.15, 0.2) is 0 Å². The van der Waals surface area contributed by atoms with E-state index in [1.165, 1.54) is 23.9 Å². The van der Waals surface area contributed by atoms with Crippen LogP contribution in [0.2, 0.25) is 5.02 Å². The van der Waals surface area contributed by atoms with Crippen LogP contribution in [0.3, 0.4) is 0 Å². The molecule has 8 heteroatoms. The van der Waals surface area contributed by atoms with Gasteiger partial charge in [-0.2, -0.15) is 0 Å². The maximum absolute atomic E-state index is 12.4. The first kappa shape index (κ1) is 19.7. The third-order valence-corrected chi connectivity index (χ3v) is 5.24. The Hall–Kier alpha value is -3.03. The maximum atomic E-state index is 12.4. The first-order valence-electron chi connectivity index (χ1n) is 8.23. The van der Waals surface area contributed by atoms with Crippen molar-refractivity contribution in [3.8, 4) is 0 Å². The third-order valence-electron chi connectivity index (χ3n) is 3.93. The SMILES string of the molecule is Cc1ccc(C(=O)Nc2cc([N+](=O)[O-])c(Sc3ccc(Cl)cc3)cc2N)cc1. The molecule has 0 aliphatic rings. The largest absolute Gasteiger partial charge is 0.397 e. The van der Waals surface area contributed by atoms with E-state index in [0.29, 0.717) is 15.5 Å². The van der Waals surface area contributed by atoms with Crippen molar-refractivity contribution in [1.29, 1.82) is 0 Å². The molecule has 0 saturated heterocycles. The number of rotatable bonds is 5. The number of nitrogens with one attached hydrogen (secondary N) is 1. The highest BCUT2D eigenvalue weighted by atomic mass is 35.5. The van der Waals surface area contributed by atoms with Gasteiger partial charge >= 0.3 is 0 Å². The minimum atomic E-state index is -0.501. The van der Waals surface area contributed by atoms with Gasteiger partial charge in [0.05, 0.1) is 21.2 Å². The lowest BCUT2D eigenvalue weighted by atomic mass is 10.1. The summed E-state index contributed by atoms with van der Waals surface area (Å²) in [5.74, 6) is -0.390. The monoisotopic (exact) mass is 413 g/mol. The zero-order valence-corrected chi connectivity index (χ0v) is 16.4. The molecule has 3 aromatic carbocycles. The molecule has 0 spiro atoms. The Labute approximate surface area is 170 Å². The highest BCUT2D eigenvalue weighted by Gasteiger charge is 2.20. The Morgan fingerprint density at radius 3 is 2.36 bits per heavy atom. The van der Waals surface area contributed by atoms with E-state index in [1.54, 1.807) is 36.4 Å². The van der Waals surface area contributed by atoms with E-state index in [1.807, 2.05) is 19.1 Å². The summed E-state index contributed by atoms with van der Waals surface area (Å²) >= 11 is 7.07. The highest BCUT2D eigenvalue weighted by molar-refractivity contribution is 7.99. The number of nitrogen functional groups attached to an aromatic ring is 1. The number of nitrogens with two attached hydrogens (primary N) is 1. The number of hydrogen-bond acceptors (Lipinski definition) is 5. The zero-order chi connectivity index (χ0) is 20.3. The van der Waals surface area contributed by atoms with Crippen LogP contribution in [0.4, 0.5) is 17.1 Å². The summed E-state index contributed by atoms with van der Waals surface area (Å²) in [6.45, 7) is 1.92. The molecular formula is C20H16ClN3O3S. The molecule has 3 rings (SSSR count). The van der Waals surface area contributed by atoms with E-state index in [9.17, 15) is 14.9 Å². The average molecular weight is 414 g/mol. The number of nitrogens with zero attached hydrogens (tertiary/aromatic N) is 1. The van der Waals surface area contributed by atoms with Gasteiger partial charge in [0.1, 0.15) is 0 Å². The van der Waals surface area contributed by atoms with Gasteiger partial charge in [-0.1, -0.05) is 41.1 Å². The molecular weight excluding hydrogens is 398 g/mol. The molecule has 1 amide bonds. The molecule has 0 heterocycles. The quantitative estimate of drug-likeness (QED) is 0.325. The van der Waals surface area contributed by atoms with E-state index in [4.69, 9.17) is 17.3 Å². The highest BCUT2D eigenvalue weighted by Crippen LogP contribution is 2.39. The van der Waals surface area contributed by atoms with Crippen molar-refractivity contribution >= 4 is 46.3 Å². The van der Waals surface area contributed by atoms with Gasteiger partial charge < -0.3 is 11.1 Å². The number of hydrogen-bond donors (Lipinski definition) is 2. The van der Waals surface area contributed by atoms with Crippen molar-refractivity contribution < 1.29 is 9.72 Å². The van der Waals surface area contributed by atoms with Crippen molar-refractivity contribution in [3.63, 3.8) is 0 Å².